The zero-order valence-corrected chi connectivity index (χ0v) is 34.5. The van der Waals surface area contributed by atoms with Crippen molar-refractivity contribution in [2.24, 2.45) is 0 Å². The number of hydrogen-bond acceptors (Lipinski definition) is 9. The molecule has 3 aliphatic rings. The second-order valence-corrected chi connectivity index (χ2v) is 17.9. The van der Waals surface area contributed by atoms with E-state index in [0.717, 1.165) is 30.2 Å². The Morgan fingerprint density at radius 1 is 1.12 bits per heavy atom. The smallest absolute Gasteiger partial charge is 0.410 e. The molecule has 2 aromatic carbocycles. The van der Waals surface area contributed by atoms with E-state index >= 15 is 4.39 Å². The van der Waals surface area contributed by atoms with E-state index in [1.165, 1.54) is 0 Å². The monoisotopic (exact) mass is 803 g/mol. The lowest BCUT2D eigenvalue weighted by Gasteiger charge is -2.52. The molecular formula is C41H48Cl2FN9O3. The molecule has 3 saturated heterocycles. The number of likely N-dealkylation sites (tertiary alicyclic amines) is 1. The Labute approximate surface area is 336 Å². The average Bonchev–Trinajstić information content (AvgIpc) is 3.77. The largest absolute Gasteiger partial charge is 0.444 e. The van der Waals surface area contributed by atoms with E-state index in [1.807, 2.05) is 38.4 Å². The number of amides is 1. The highest BCUT2D eigenvalue weighted by molar-refractivity contribution is 6.36. The number of nitriles is 1. The van der Waals surface area contributed by atoms with E-state index in [1.54, 1.807) is 23.5 Å². The van der Waals surface area contributed by atoms with E-state index in [2.05, 4.69) is 41.5 Å². The van der Waals surface area contributed by atoms with Gasteiger partial charge in [0.25, 0.3) is 0 Å². The summed E-state index contributed by atoms with van der Waals surface area (Å²) in [5, 5.41) is 16.4. The van der Waals surface area contributed by atoms with Crippen molar-refractivity contribution in [3.8, 4) is 17.2 Å². The molecule has 5 aromatic rings. The minimum atomic E-state index is -0.671. The first-order chi connectivity index (χ1) is 26.6. The van der Waals surface area contributed by atoms with Gasteiger partial charge in [-0.15, -0.1) is 0 Å². The SMILES string of the molecule is Cc1c(Cl)cc2c(cnn2C2CCCCO2)c1-c1c(Cl)cc2c(nc(N3CC(C)(N(C)C)C3)c3ncn([C@H]4CCN(C(=O)OC(C)(C)C)[C@H](CC#N)C4)c32)c1F. The van der Waals surface area contributed by atoms with Crippen molar-refractivity contribution in [1.82, 2.24) is 34.1 Å². The number of hydrogen-bond donors (Lipinski definition) is 0. The molecular weight excluding hydrogens is 756 g/mol. The Morgan fingerprint density at radius 3 is 2.57 bits per heavy atom. The normalized spacial score (nSPS) is 21.6. The fourth-order valence-electron chi connectivity index (χ4n) is 8.65. The van der Waals surface area contributed by atoms with Gasteiger partial charge in [-0.3, -0.25) is 0 Å². The van der Waals surface area contributed by atoms with Gasteiger partial charge in [-0.25, -0.2) is 23.8 Å². The van der Waals surface area contributed by atoms with Crippen molar-refractivity contribution >= 4 is 68.0 Å². The summed E-state index contributed by atoms with van der Waals surface area (Å²) < 4.78 is 33.4. The number of ether oxygens (including phenoxy) is 2. The van der Waals surface area contributed by atoms with Gasteiger partial charge in [-0.1, -0.05) is 23.2 Å². The van der Waals surface area contributed by atoms with Crippen LogP contribution in [-0.2, 0) is 9.47 Å². The molecule has 0 saturated carbocycles. The van der Waals surface area contributed by atoms with Crippen molar-refractivity contribution in [3.05, 3.63) is 46.1 Å². The highest BCUT2D eigenvalue weighted by Gasteiger charge is 2.43. The summed E-state index contributed by atoms with van der Waals surface area (Å²) in [6, 6.07) is 5.39. The first kappa shape index (κ1) is 38.6. The predicted molar refractivity (Wildman–Crippen MR) is 217 cm³/mol. The topological polar surface area (TPSA) is 118 Å². The lowest BCUT2D eigenvalue weighted by atomic mass is 9.90. The van der Waals surface area contributed by atoms with E-state index in [9.17, 15) is 10.1 Å². The molecule has 3 aliphatic heterocycles. The summed E-state index contributed by atoms with van der Waals surface area (Å²) in [5.41, 5.74) is 2.94. The maximum absolute atomic E-state index is 17.7. The fourth-order valence-corrected chi connectivity index (χ4v) is 9.14. The molecule has 0 spiro atoms. The minimum Gasteiger partial charge on any atom is -0.444 e. The van der Waals surface area contributed by atoms with E-state index < -0.39 is 17.5 Å². The zero-order chi connectivity index (χ0) is 39.8. The average molecular weight is 805 g/mol. The predicted octanol–water partition coefficient (Wildman–Crippen LogP) is 9.05. The quantitative estimate of drug-likeness (QED) is 0.166. The number of nitrogens with zero attached hydrogens (tertiary/aromatic N) is 9. The number of pyridine rings is 1. The molecule has 8 rings (SSSR count). The summed E-state index contributed by atoms with van der Waals surface area (Å²) in [4.78, 5) is 29.3. The maximum atomic E-state index is 17.7. The Kier molecular flexibility index (Phi) is 9.87. The van der Waals surface area contributed by atoms with Crippen LogP contribution in [0.15, 0.2) is 24.7 Å². The number of halogens is 3. The van der Waals surface area contributed by atoms with Crippen molar-refractivity contribution in [1.29, 1.82) is 5.26 Å². The summed E-state index contributed by atoms with van der Waals surface area (Å²) in [7, 11) is 4.11. The number of aromatic nitrogens is 5. The third-order valence-electron chi connectivity index (χ3n) is 11.9. The number of carbonyl (C=O) groups is 1. The van der Waals surface area contributed by atoms with Crippen LogP contribution in [0.25, 0.3) is 44.0 Å². The van der Waals surface area contributed by atoms with Crippen LogP contribution < -0.4 is 4.90 Å². The Hall–Kier alpha value is -4.22. The van der Waals surface area contributed by atoms with Crippen molar-refractivity contribution < 1.29 is 18.7 Å². The number of benzene rings is 2. The summed E-state index contributed by atoms with van der Waals surface area (Å²) in [6.45, 7) is 11.9. The van der Waals surface area contributed by atoms with Gasteiger partial charge in [0.15, 0.2) is 17.9 Å². The highest BCUT2D eigenvalue weighted by Crippen LogP contribution is 2.47. The Morgan fingerprint density at radius 2 is 1.89 bits per heavy atom. The van der Waals surface area contributed by atoms with Gasteiger partial charge in [-0.05, 0) is 98.5 Å². The maximum Gasteiger partial charge on any atom is 0.410 e. The number of imidazole rings is 1. The van der Waals surface area contributed by atoms with Gasteiger partial charge in [0.1, 0.15) is 16.6 Å². The number of anilines is 1. The number of piperidine rings is 1. The first-order valence-electron chi connectivity index (χ1n) is 19.4. The highest BCUT2D eigenvalue weighted by atomic mass is 35.5. The number of carbonyl (C=O) groups excluding carboxylic acids is 1. The number of likely N-dealkylation sites (N-methyl/N-ethyl adjacent to an activating group) is 1. The molecule has 56 heavy (non-hydrogen) atoms. The molecule has 0 aliphatic carbocycles. The van der Waals surface area contributed by atoms with Gasteiger partial charge < -0.3 is 28.7 Å². The lowest BCUT2D eigenvalue weighted by molar-refractivity contribution is -0.0366. The molecule has 12 nitrogen and oxygen atoms in total. The molecule has 6 heterocycles. The van der Waals surface area contributed by atoms with Crippen LogP contribution in [0, 0.1) is 24.1 Å². The Bertz CT molecular complexity index is 2400. The van der Waals surface area contributed by atoms with Gasteiger partial charge in [-0.2, -0.15) is 10.4 Å². The molecule has 3 aromatic heterocycles. The van der Waals surface area contributed by atoms with Gasteiger partial charge >= 0.3 is 6.09 Å². The van der Waals surface area contributed by atoms with Gasteiger partial charge in [0, 0.05) is 65.2 Å². The second-order valence-electron chi connectivity index (χ2n) is 17.0. The third-order valence-corrected chi connectivity index (χ3v) is 12.6. The summed E-state index contributed by atoms with van der Waals surface area (Å²) in [6.07, 6.45) is 6.90. The van der Waals surface area contributed by atoms with Crippen molar-refractivity contribution in [2.45, 2.75) is 103 Å². The van der Waals surface area contributed by atoms with Crippen molar-refractivity contribution in [3.63, 3.8) is 0 Å². The summed E-state index contributed by atoms with van der Waals surface area (Å²) >= 11 is 14.1. The standard InChI is InChI=1S/C41H48Cl2FN9O3/c1-23-28(42)18-30-27(19-47-53(30)31-10-8-9-15-55-31)32(23)33-29(43)17-26-35(34(33)44)48-38(50-20-41(5,21-50)49(6)7)36-37(26)52(22-46-36)25-12-14-51(24(16-25)11-13-45)39(54)56-40(2,3)4/h17-19,22,24-25,31H,8-12,14-16,20-21H2,1-7H3/t24-,25+,31?/m1/s1. The molecule has 15 heteroatoms. The van der Waals surface area contributed by atoms with Crippen molar-refractivity contribution in [2.75, 3.05) is 45.2 Å². The van der Waals surface area contributed by atoms with Gasteiger partial charge in [0.05, 0.1) is 46.6 Å². The molecule has 0 radical (unpaired) electrons. The van der Waals surface area contributed by atoms with Crippen LogP contribution >= 0.6 is 23.2 Å². The second kappa shape index (κ2) is 14.3. The third kappa shape index (κ3) is 6.52. The fraction of sp³-hybridized carbons (Fsp3) is 0.537. The summed E-state index contributed by atoms with van der Waals surface area (Å²) in [5.74, 6) is 0.0301. The Balaban J connectivity index is 1.29. The molecule has 0 N–H and O–H groups in total. The molecule has 1 unspecified atom stereocenters. The van der Waals surface area contributed by atoms with Crippen LogP contribution in [0.3, 0.4) is 0 Å². The minimum absolute atomic E-state index is 0.0973. The molecule has 1 amide bonds. The van der Waals surface area contributed by atoms with Crippen LogP contribution in [0.1, 0.15) is 84.1 Å². The van der Waals surface area contributed by atoms with E-state index in [-0.39, 0.29) is 46.4 Å². The van der Waals surface area contributed by atoms with E-state index in [0.29, 0.717) is 77.5 Å². The molecule has 0 bridgehead atoms. The molecule has 296 valence electrons. The number of rotatable bonds is 6. The van der Waals surface area contributed by atoms with Crippen LogP contribution in [0.4, 0.5) is 15.0 Å². The van der Waals surface area contributed by atoms with Crippen LogP contribution in [0.5, 0.6) is 0 Å². The zero-order valence-electron chi connectivity index (χ0n) is 33.0. The molecule has 3 atom stereocenters. The lowest BCUT2D eigenvalue weighted by Crippen LogP contribution is -2.67. The number of fused-ring (bicyclic) bond motifs is 4. The van der Waals surface area contributed by atoms with Crippen LogP contribution in [-0.4, -0.2) is 97.7 Å². The molecule has 3 fully saturated rings. The van der Waals surface area contributed by atoms with E-state index in [4.69, 9.17) is 47.7 Å². The first-order valence-corrected chi connectivity index (χ1v) is 20.1. The van der Waals surface area contributed by atoms with Gasteiger partial charge in [0.2, 0.25) is 0 Å². The van der Waals surface area contributed by atoms with Crippen LogP contribution in [0.2, 0.25) is 10.0 Å².